The van der Waals surface area contributed by atoms with Gasteiger partial charge in [0.05, 0.1) is 16.8 Å². The molecule has 1 aliphatic heterocycles. The summed E-state index contributed by atoms with van der Waals surface area (Å²) in [5.74, 6) is 0.0503. The Bertz CT molecular complexity index is 407. The first-order valence-electron chi connectivity index (χ1n) is 5.59. The van der Waals surface area contributed by atoms with E-state index in [1.807, 2.05) is 13.8 Å². The van der Waals surface area contributed by atoms with Crippen molar-refractivity contribution < 1.29 is 4.79 Å². The predicted molar refractivity (Wildman–Crippen MR) is 62.9 cm³/mol. The molecule has 1 fully saturated rings. The standard InChI is InChI=1S/C11H16ClN3O/c1-3-15-9(8(12)7-14-15)10(16)11(2)5-4-6-13-11/h7,13H,3-6H2,1-2H3. The lowest BCUT2D eigenvalue weighted by Gasteiger charge is -2.22. The summed E-state index contributed by atoms with van der Waals surface area (Å²) in [6.45, 7) is 5.43. The fourth-order valence-corrected chi connectivity index (χ4v) is 2.40. The molecule has 4 nitrogen and oxygen atoms in total. The zero-order valence-corrected chi connectivity index (χ0v) is 10.3. The zero-order chi connectivity index (χ0) is 11.8. The second kappa shape index (κ2) is 4.18. The van der Waals surface area contributed by atoms with Gasteiger partial charge in [-0.15, -0.1) is 0 Å². The van der Waals surface area contributed by atoms with Crippen LogP contribution in [0.1, 0.15) is 37.2 Å². The minimum atomic E-state index is -0.476. The fourth-order valence-electron chi connectivity index (χ4n) is 2.18. The van der Waals surface area contributed by atoms with Crippen molar-refractivity contribution >= 4 is 17.4 Å². The number of carbonyl (C=O) groups excluding carboxylic acids is 1. The molecule has 0 saturated carbocycles. The summed E-state index contributed by atoms with van der Waals surface area (Å²) in [5.41, 5.74) is 0.0532. The molecule has 2 rings (SSSR count). The van der Waals surface area contributed by atoms with Gasteiger partial charge in [0.1, 0.15) is 5.69 Å². The molecule has 0 spiro atoms. The number of aryl methyl sites for hydroxylation is 1. The second-order valence-corrected chi connectivity index (χ2v) is 4.76. The van der Waals surface area contributed by atoms with Gasteiger partial charge >= 0.3 is 0 Å². The third kappa shape index (κ3) is 1.76. The van der Waals surface area contributed by atoms with Crippen LogP contribution in [-0.2, 0) is 6.54 Å². The first kappa shape index (κ1) is 11.6. The molecule has 16 heavy (non-hydrogen) atoms. The third-order valence-corrected chi connectivity index (χ3v) is 3.46. The molecule has 2 heterocycles. The summed E-state index contributed by atoms with van der Waals surface area (Å²) in [6, 6.07) is 0. The second-order valence-electron chi connectivity index (χ2n) is 4.35. The zero-order valence-electron chi connectivity index (χ0n) is 9.59. The van der Waals surface area contributed by atoms with Gasteiger partial charge in [0, 0.05) is 6.54 Å². The van der Waals surface area contributed by atoms with Gasteiger partial charge in [-0.3, -0.25) is 9.48 Å². The van der Waals surface area contributed by atoms with Crippen molar-refractivity contribution in [3.63, 3.8) is 0 Å². The normalized spacial score (nSPS) is 24.9. The minimum absolute atomic E-state index is 0.0503. The molecular weight excluding hydrogens is 226 g/mol. The van der Waals surface area contributed by atoms with Crippen LogP contribution in [0.5, 0.6) is 0 Å². The first-order valence-corrected chi connectivity index (χ1v) is 5.97. The number of ketones is 1. The Labute approximate surface area is 100.0 Å². The third-order valence-electron chi connectivity index (χ3n) is 3.18. The van der Waals surface area contributed by atoms with Crippen LogP contribution in [0.3, 0.4) is 0 Å². The quantitative estimate of drug-likeness (QED) is 0.822. The van der Waals surface area contributed by atoms with E-state index >= 15 is 0 Å². The summed E-state index contributed by atoms with van der Waals surface area (Å²) in [7, 11) is 0. The predicted octanol–water partition coefficient (Wildman–Crippen LogP) is 1.88. The molecule has 1 aromatic heterocycles. The molecule has 1 saturated heterocycles. The SMILES string of the molecule is CCn1ncc(Cl)c1C(=O)C1(C)CCCN1. The van der Waals surface area contributed by atoms with Gasteiger partial charge in [-0.05, 0) is 33.2 Å². The number of hydrogen-bond acceptors (Lipinski definition) is 3. The fraction of sp³-hybridized carbons (Fsp3) is 0.636. The van der Waals surface area contributed by atoms with Crippen molar-refractivity contribution in [2.24, 2.45) is 0 Å². The van der Waals surface area contributed by atoms with E-state index < -0.39 is 5.54 Å². The molecule has 0 amide bonds. The highest BCUT2D eigenvalue weighted by atomic mass is 35.5. The van der Waals surface area contributed by atoms with Gasteiger partial charge in [0.25, 0.3) is 0 Å². The Hall–Kier alpha value is -0.870. The van der Waals surface area contributed by atoms with Crippen molar-refractivity contribution in [3.8, 4) is 0 Å². The molecule has 1 unspecified atom stereocenters. The van der Waals surface area contributed by atoms with Gasteiger partial charge < -0.3 is 5.32 Å². The number of Topliss-reactive ketones (excluding diaryl/α,β-unsaturated/α-hetero) is 1. The molecule has 1 aromatic rings. The molecule has 1 aliphatic rings. The molecular formula is C11H16ClN3O. The van der Waals surface area contributed by atoms with Crippen molar-refractivity contribution in [1.82, 2.24) is 15.1 Å². The number of aromatic nitrogens is 2. The Balaban J connectivity index is 2.36. The van der Waals surface area contributed by atoms with Crippen LogP contribution >= 0.6 is 11.6 Å². The lowest BCUT2D eigenvalue weighted by Crippen LogP contribution is -2.45. The lowest BCUT2D eigenvalue weighted by molar-refractivity contribution is 0.0873. The maximum Gasteiger partial charge on any atom is 0.202 e. The van der Waals surface area contributed by atoms with Gasteiger partial charge in [-0.1, -0.05) is 11.6 Å². The highest BCUT2D eigenvalue weighted by molar-refractivity contribution is 6.34. The molecule has 0 radical (unpaired) electrons. The molecule has 1 atom stereocenters. The number of nitrogens with zero attached hydrogens (tertiary/aromatic N) is 2. The lowest BCUT2D eigenvalue weighted by atomic mass is 9.92. The van der Waals surface area contributed by atoms with E-state index in [4.69, 9.17) is 11.6 Å². The van der Waals surface area contributed by atoms with Crippen LogP contribution in [0, 0.1) is 0 Å². The largest absolute Gasteiger partial charge is 0.305 e. The number of halogens is 1. The number of rotatable bonds is 3. The Kier molecular flexibility index (Phi) is 3.04. The summed E-state index contributed by atoms with van der Waals surface area (Å²) >= 11 is 6.03. The average molecular weight is 242 g/mol. The van der Waals surface area contributed by atoms with Gasteiger partial charge in [-0.2, -0.15) is 5.10 Å². The van der Waals surface area contributed by atoms with E-state index in [0.29, 0.717) is 17.3 Å². The summed E-state index contributed by atoms with van der Waals surface area (Å²) in [4.78, 5) is 12.4. The molecule has 0 aliphatic carbocycles. The van der Waals surface area contributed by atoms with E-state index in [9.17, 15) is 4.79 Å². The highest BCUT2D eigenvalue weighted by Crippen LogP contribution is 2.27. The van der Waals surface area contributed by atoms with E-state index in [-0.39, 0.29) is 5.78 Å². The summed E-state index contributed by atoms with van der Waals surface area (Å²) in [6.07, 6.45) is 3.42. The highest BCUT2D eigenvalue weighted by Gasteiger charge is 2.38. The maximum atomic E-state index is 12.4. The topological polar surface area (TPSA) is 46.9 Å². The van der Waals surface area contributed by atoms with E-state index in [2.05, 4.69) is 10.4 Å². The van der Waals surface area contributed by atoms with Crippen LogP contribution in [0.2, 0.25) is 5.02 Å². The van der Waals surface area contributed by atoms with Crippen molar-refractivity contribution in [2.45, 2.75) is 38.8 Å². The molecule has 0 bridgehead atoms. The molecule has 1 N–H and O–H groups in total. The van der Waals surface area contributed by atoms with Gasteiger partial charge in [-0.25, -0.2) is 0 Å². The monoisotopic (exact) mass is 241 g/mol. The minimum Gasteiger partial charge on any atom is -0.305 e. The van der Waals surface area contributed by atoms with E-state index in [1.165, 1.54) is 6.20 Å². The van der Waals surface area contributed by atoms with Crippen LogP contribution < -0.4 is 5.32 Å². The van der Waals surface area contributed by atoms with Crippen LogP contribution in [0.4, 0.5) is 0 Å². The maximum absolute atomic E-state index is 12.4. The van der Waals surface area contributed by atoms with Crippen LogP contribution in [0.15, 0.2) is 6.20 Å². The number of carbonyl (C=O) groups is 1. The first-order chi connectivity index (χ1) is 7.58. The van der Waals surface area contributed by atoms with Crippen molar-refractivity contribution in [3.05, 3.63) is 16.9 Å². The van der Waals surface area contributed by atoms with Crippen LogP contribution in [0.25, 0.3) is 0 Å². The number of hydrogen-bond donors (Lipinski definition) is 1. The van der Waals surface area contributed by atoms with Gasteiger partial charge in [0.15, 0.2) is 0 Å². The van der Waals surface area contributed by atoms with E-state index in [0.717, 1.165) is 19.4 Å². The number of nitrogens with one attached hydrogen (secondary N) is 1. The summed E-state index contributed by atoms with van der Waals surface area (Å²) in [5, 5.41) is 7.79. The smallest absolute Gasteiger partial charge is 0.202 e. The van der Waals surface area contributed by atoms with Crippen LogP contribution in [-0.4, -0.2) is 27.6 Å². The summed E-state index contributed by atoms with van der Waals surface area (Å²) < 4.78 is 1.66. The molecule has 5 heteroatoms. The average Bonchev–Trinajstić information content (AvgIpc) is 2.85. The van der Waals surface area contributed by atoms with Crippen molar-refractivity contribution in [2.75, 3.05) is 6.54 Å². The molecule has 88 valence electrons. The van der Waals surface area contributed by atoms with Crippen molar-refractivity contribution in [1.29, 1.82) is 0 Å². The molecule has 0 aromatic carbocycles. The van der Waals surface area contributed by atoms with E-state index in [1.54, 1.807) is 4.68 Å². The Morgan fingerprint density at radius 2 is 2.50 bits per heavy atom. The van der Waals surface area contributed by atoms with Gasteiger partial charge in [0.2, 0.25) is 5.78 Å². The Morgan fingerprint density at radius 3 is 3.06 bits per heavy atom. The Morgan fingerprint density at radius 1 is 1.75 bits per heavy atom.